The summed E-state index contributed by atoms with van der Waals surface area (Å²) in [7, 11) is 1.67. The second-order valence-corrected chi connectivity index (χ2v) is 9.94. The molecule has 1 N–H and O–H groups in total. The number of benzene rings is 1. The molecule has 3 atom stereocenters. The lowest BCUT2D eigenvalue weighted by Crippen LogP contribution is -2.33. The largest absolute Gasteiger partial charge is 0.497 e. The lowest BCUT2D eigenvalue weighted by Gasteiger charge is -2.31. The molecule has 1 amide bonds. The van der Waals surface area contributed by atoms with Crippen molar-refractivity contribution in [2.45, 2.75) is 69.8 Å². The normalized spacial score (nSPS) is 20.2. The van der Waals surface area contributed by atoms with Gasteiger partial charge in [0, 0.05) is 18.2 Å². The third-order valence-electron chi connectivity index (χ3n) is 5.75. The number of nitrogens with zero attached hydrogens (tertiary/aromatic N) is 3. The highest BCUT2D eigenvalue weighted by Crippen LogP contribution is 2.39. The van der Waals surface area contributed by atoms with E-state index in [9.17, 15) is 4.79 Å². The van der Waals surface area contributed by atoms with Crippen LogP contribution in [0.1, 0.15) is 59.4 Å². The minimum Gasteiger partial charge on any atom is -0.497 e. The van der Waals surface area contributed by atoms with Gasteiger partial charge in [-0.3, -0.25) is 9.36 Å². The first-order chi connectivity index (χ1) is 14.4. The molecule has 0 bridgehead atoms. The number of hydrogen-bond donors (Lipinski definition) is 1. The number of methoxy groups -OCH3 is 1. The summed E-state index contributed by atoms with van der Waals surface area (Å²) in [6.07, 6.45) is 4.81. The van der Waals surface area contributed by atoms with Crippen LogP contribution in [0.5, 0.6) is 5.75 Å². The molecule has 164 valence electrons. The number of thioether (sulfide) groups is 1. The first-order valence-electron chi connectivity index (χ1n) is 10.9. The van der Waals surface area contributed by atoms with Crippen molar-refractivity contribution in [2.75, 3.05) is 13.7 Å². The molecule has 1 aliphatic carbocycles. The quantitative estimate of drug-likeness (QED) is 0.600. The minimum atomic E-state index is -0.227. The van der Waals surface area contributed by atoms with Gasteiger partial charge in [-0.25, -0.2) is 0 Å². The summed E-state index contributed by atoms with van der Waals surface area (Å²) >= 11 is 1.50. The van der Waals surface area contributed by atoms with E-state index >= 15 is 0 Å². The molecule has 1 saturated carbocycles. The Morgan fingerprint density at radius 1 is 1.20 bits per heavy atom. The summed E-state index contributed by atoms with van der Waals surface area (Å²) in [5, 5.41) is 12.7. The summed E-state index contributed by atoms with van der Waals surface area (Å²) in [4.78, 5) is 12.5. The molecule has 7 heteroatoms. The average Bonchev–Trinajstić information content (AvgIpc) is 3.15. The van der Waals surface area contributed by atoms with Gasteiger partial charge in [0.1, 0.15) is 5.75 Å². The van der Waals surface area contributed by atoms with Crippen molar-refractivity contribution in [1.82, 2.24) is 20.1 Å². The van der Waals surface area contributed by atoms with E-state index in [1.54, 1.807) is 7.11 Å². The van der Waals surface area contributed by atoms with E-state index in [4.69, 9.17) is 4.74 Å². The number of carbonyl (C=O) groups excluding carboxylic acids is 1. The van der Waals surface area contributed by atoms with Crippen LogP contribution in [0.15, 0.2) is 29.4 Å². The fourth-order valence-corrected chi connectivity index (χ4v) is 4.86. The van der Waals surface area contributed by atoms with Gasteiger partial charge in [-0.2, -0.15) is 0 Å². The summed E-state index contributed by atoms with van der Waals surface area (Å²) in [5.74, 6) is 2.72. The van der Waals surface area contributed by atoms with Crippen molar-refractivity contribution in [3.05, 3.63) is 24.3 Å². The smallest absolute Gasteiger partial charge is 0.233 e. The van der Waals surface area contributed by atoms with Crippen LogP contribution in [0.25, 0.3) is 11.4 Å². The molecule has 1 fully saturated rings. The van der Waals surface area contributed by atoms with Crippen LogP contribution in [-0.4, -0.2) is 39.6 Å². The van der Waals surface area contributed by atoms with Crippen LogP contribution in [-0.2, 0) is 4.79 Å². The van der Waals surface area contributed by atoms with E-state index in [1.807, 2.05) is 31.2 Å². The lowest BCUT2D eigenvalue weighted by atomic mass is 9.85. The Bertz CT molecular complexity index is 834. The van der Waals surface area contributed by atoms with Crippen LogP contribution in [0, 0.1) is 11.8 Å². The molecule has 1 aromatic carbocycles. The summed E-state index contributed by atoms with van der Waals surface area (Å²) in [6.45, 7) is 9.14. The van der Waals surface area contributed by atoms with Gasteiger partial charge in [-0.05, 0) is 55.9 Å². The molecule has 0 radical (unpaired) electrons. The lowest BCUT2D eigenvalue weighted by molar-refractivity contribution is -0.120. The topological polar surface area (TPSA) is 69.0 Å². The molecule has 0 aliphatic heterocycles. The highest BCUT2D eigenvalue weighted by Gasteiger charge is 2.30. The van der Waals surface area contributed by atoms with E-state index in [-0.39, 0.29) is 11.2 Å². The van der Waals surface area contributed by atoms with E-state index < -0.39 is 0 Å². The molecular weight excluding hydrogens is 396 g/mol. The number of amides is 1. The van der Waals surface area contributed by atoms with Crippen LogP contribution in [0.2, 0.25) is 0 Å². The molecule has 1 heterocycles. The number of carbonyl (C=O) groups is 1. The summed E-state index contributed by atoms with van der Waals surface area (Å²) < 4.78 is 7.58. The van der Waals surface area contributed by atoms with Crippen molar-refractivity contribution in [3.63, 3.8) is 0 Å². The van der Waals surface area contributed by atoms with Crippen molar-refractivity contribution in [2.24, 2.45) is 11.8 Å². The second kappa shape index (κ2) is 10.3. The molecule has 0 unspecified atom stereocenters. The first kappa shape index (κ1) is 22.7. The molecular formula is C23H34N4O2S. The van der Waals surface area contributed by atoms with Gasteiger partial charge in [0.15, 0.2) is 11.0 Å². The Hall–Kier alpha value is -2.02. The Labute approximate surface area is 184 Å². The van der Waals surface area contributed by atoms with Crippen LogP contribution in [0.4, 0.5) is 0 Å². The predicted molar refractivity (Wildman–Crippen MR) is 122 cm³/mol. The minimum absolute atomic E-state index is 0.0472. The standard InChI is InChI=1S/C23H34N4O2S/c1-15(2)14-24-22(28)17(4)30-23-26-25-21(18-10-12-19(29-5)13-11-18)27(23)20-9-7-6-8-16(20)3/h10-13,15-17,20H,6-9,14H2,1-5H3,(H,24,28)/t16-,17+,20-/m1/s1. The van der Waals surface area contributed by atoms with Gasteiger partial charge in [-0.1, -0.05) is 45.4 Å². The van der Waals surface area contributed by atoms with Gasteiger partial charge in [0.25, 0.3) is 0 Å². The van der Waals surface area contributed by atoms with Gasteiger partial charge >= 0.3 is 0 Å². The fourth-order valence-electron chi connectivity index (χ4n) is 3.93. The summed E-state index contributed by atoms with van der Waals surface area (Å²) in [5.41, 5.74) is 1.02. The zero-order chi connectivity index (χ0) is 21.7. The van der Waals surface area contributed by atoms with Gasteiger partial charge < -0.3 is 10.1 Å². The monoisotopic (exact) mass is 430 g/mol. The number of rotatable bonds is 8. The van der Waals surface area contributed by atoms with Crippen LogP contribution < -0.4 is 10.1 Å². The van der Waals surface area contributed by atoms with Gasteiger partial charge in [0.05, 0.1) is 12.4 Å². The fraction of sp³-hybridized carbons (Fsp3) is 0.609. The number of hydrogen-bond acceptors (Lipinski definition) is 5. The molecule has 2 aromatic rings. The van der Waals surface area contributed by atoms with Crippen molar-refractivity contribution < 1.29 is 9.53 Å². The molecule has 30 heavy (non-hydrogen) atoms. The Morgan fingerprint density at radius 3 is 2.53 bits per heavy atom. The zero-order valence-electron chi connectivity index (χ0n) is 18.7. The Morgan fingerprint density at radius 2 is 1.90 bits per heavy atom. The molecule has 0 saturated heterocycles. The maximum atomic E-state index is 12.5. The summed E-state index contributed by atoms with van der Waals surface area (Å²) in [6, 6.07) is 8.31. The van der Waals surface area contributed by atoms with Gasteiger partial charge in [-0.15, -0.1) is 10.2 Å². The number of aromatic nitrogens is 3. The third-order valence-corrected chi connectivity index (χ3v) is 6.80. The number of nitrogens with one attached hydrogen (secondary N) is 1. The number of ether oxygens (including phenoxy) is 1. The molecule has 6 nitrogen and oxygen atoms in total. The first-order valence-corrected chi connectivity index (χ1v) is 11.8. The second-order valence-electron chi connectivity index (χ2n) is 8.63. The van der Waals surface area contributed by atoms with E-state index in [2.05, 4.69) is 40.9 Å². The van der Waals surface area contributed by atoms with Crippen molar-refractivity contribution in [1.29, 1.82) is 0 Å². The van der Waals surface area contributed by atoms with Crippen molar-refractivity contribution in [3.8, 4) is 17.1 Å². The molecule has 1 aliphatic rings. The molecule has 0 spiro atoms. The molecule has 3 rings (SSSR count). The predicted octanol–water partition coefficient (Wildman–Crippen LogP) is 4.96. The van der Waals surface area contributed by atoms with Crippen LogP contribution in [0.3, 0.4) is 0 Å². The highest BCUT2D eigenvalue weighted by atomic mass is 32.2. The van der Waals surface area contributed by atoms with Gasteiger partial charge in [0.2, 0.25) is 5.91 Å². The maximum Gasteiger partial charge on any atom is 0.233 e. The van der Waals surface area contributed by atoms with E-state index in [0.29, 0.717) is 24.4 Å². The van der Waals surface area contributed by atoms with Crippen molar-refractivity contribution >= 4 is 17.7 Å². The molecule has 1 aromatic heterocycles. The maximum absolute atomic E-state index is 12.5. The SMILES string of the molecule is COc1ccc(-c2nnc(S[C@@H](C)C(=O)NCC(C)C)n2[C@@H]2CCCC[C@H]2C)cc1. The Balaban J connectivity index is 1.90. The van der Waals surface area contributed by atoms with Crippen LogP contribution >= 0.6 is 11.8 Å². The highest BCUT2D eigenvalue weighted by molar-refractivity contribution is 8.00. The third kappa shape index (κ3) is 5.36. The zero-order valence-corrected chi connectivity index (χ0v) is 19.5. The Kier molecular flexibility index (Phi) is 7.81. The van der Waals surface area contributed by atoms with E-state index in [0.717, 1.165) is 28.7 Å². The average molecular weight is 431 g/mol. The van der Waals surface area contributed by atoms with E-state index in [1.165, 1.54) is 31.0 Å².